The molecule has 5 heteroatoms. The van der Waals surface area contributed by atoms with Gasteiger partial charge >= 0.3 is 0 Å². The van der Waals surface area contributed by atoms with Crippen molar-refractivity contribution in [1.29, 1.82) is 0 Å². The minimum atomic E-state index is -0.504. The highest BCUT2D eigenvalue weighted by molar-refractivity contribution is 6.31. The van der Waals surface area contributed by atoms with Crippen LogP contribution in [-0.2, 0) is 5.41 Å². The summed E-state index contributed by atoms with van der Waals surface area (Å²) in [5.41, 5.74) is 4.37. The van der Waals surface area contributed by atoms with Gasteiger partial charge in [-0.3, -0.25) is 0 Å². The Hall–Kier alpha value is -1.68. The minimum Gasteiger partial charge on any atom is -0.389 e. The minimum absolute atomic E-state index is 0.209. The highest BCUT2D eigenvalue weighted by atomic mass is 35.5. The second kappa shape index (κ2) is 7.86. The number of anilines is 2. The van der Waals surface area contributed by atoms with Gasteiger partial charge in [0.05, 0.1) is 6.10 Å². The van der Waals surface area contributed by atoms with Gasteiger partial charge in [0.15, 0.2) is 0 Å². The molecule has 0 radical (unpaired) electrons. The number of β-amino-alcohol motifs (C(OH)–C–C–N with tert-alkyl or cyclic N) is 1. The number of hydrogen-bond donors (Lipinski definition) is 2. The fourth-order valence-electron chi connectivity index (χ4n) is 5.10. The van der Waals surface area contributed by atoms with Gasteiger partial charge in [-0.15, -0.1) is 0 Å². The van der Waals surface area contributed by atoms with Crippen molar-refractivity contribution in [3.8, 4) is 0 Å². The lowest BCUT2D eigenvalue weighted by atomic mass is 9.69. The van der Waals surface area contributed by atoms with E-state index in [0.717, 1.165) is 27.9 Å². The maximum absolute atomic E-state index is 10.8. The molecule has 4 unspecified atom stereocenters. The van der Waals surface area contributed by atoms with Crippen molar-refractivity contribution < 1.29 is 5.11 Å². The molecule has 154 valence electrons. The van der Waals surface area contributed by atoms with Gasteiger partial charge in [-0.2, -0.15) is 0 Å². The number of hydrogen-bond acceptors (Lipinski definition) is 3. The van der Waals surface area contributed by atoms with Crippen molar-refractivity contribution >= 4 is 34.6 Å². The zero-order valence-corrected chi connectivity index (χ0v) is 18.6. The Balaban J connectivity index is 1.57. The Bertz CT molecular complexity index is 927. The SMILES string of the molecule is Cc1ccc(NCC(O)CN2c3ccc(Cl)cc3C3(C)C=C(Cl)CC(C)C23)cc1. The van der Waals surface area contributed by atoms with Gasteiger partial charge in [0.1, 0.15) is 0 Å². The van der Waals surface area contributed by atoms with Gasteiger partial charge in [0, 0.05) is 46.0 Å². The number of aliphatic hydroxyl groups excluding tert-OH is 1. The molecule has 1 heterocycles. The highest BCUT2D eigenvalue weighted by Gasteiger charge is 2.51. The van der Waals surface area contributed by atoms with Crippen LogP contribution < -0.4 is 10.2 Å². The Kier molecular flexibility index (Phi) is 5.58. The zero-order chi connectivity index (χ0) is 20.8. The van der Waals surface area contributed by atoms with Crippen molar-refractivity contribution in [3.63, 3.8) is 0 Å². The summed E-state index contributed by atoms with van der Waals surface area (Å²) in [4.78, 5) is 2.36. The Morgan fingerprint density at radius 2 is 1.93 bits per heavy atom. The summed E-state index contributed by atoms with van der Waals surface area (Å²) in [7, 11) is 0. The van der Waals surface area contributed by atoms with Gasteiger partial charge in [0.2, 0.25) is 0 Å². The zero-order valence-electron chi connectivity index (χ0n) is 17.1. The number of nitrogens with one attached hydrogen (secondary N) is 1. The summed E-state index contributed by atoms with van der Waals surface area (Å²) in [5.74, 6) is 0.376. The fourth-order valence-corrected chi connectivity index (χ4v) is 5.74. The highest BCUT2D eigenvalue weighted by Crippen LogP contribution is 2.53. The van der Waals surface area contributed by atoms with Crippen LogP contribution in [0, 0.1) is 12.8 Å². The average molecular weight is 431 g/mol. The van der Waals surface area contributed by atoms with E-state index in [1.807, 2.05) is 18.2 Å². The molecule has 3 nitrogen and oxygen atoms in total. The Morgan fingerprint density at radius 1 is 1.21 bits per heavy atom. The largest absolute Gasteiger partial charge is 0.389 e. The van der Waals surface area contributed by atoms with Crippen molar-refractivity contribution in [3.05, 3.63) is 69.7 Å². The van der Waals surface area contributed by atoms with E-state index in [4.69, 9.17) is 23.2 Å². The summed E-state index contributed by atoms with van der Waals surface area (Å²) in [6, 6.07) is 14.5. The molecule has 2 aromatic carbocycles. The first-order valence-corrected chi connectivity index (χ1v) is 11.0. The molecule has 4 rings (SSSR count). The van der Waals surface area contributed by atoms with E-state index in [-0.39, 0.29) is 11.5 Å². The van der Waals surface area contributed by atoms with Gasteiger partial charge in [0.25, 0.3) is 0 Å². The molecular formula is C24H28Cl2N2O. The topological polar surface area (TPSA) is 35.5 Å². The molecule has 0 spiro atoms. The van der Waals surface area contributed by atoms with Crippen LogP contribution >= 0.6 is 23.2 Å². The van der Waals surface area contributed by atoms with Crippen LogP contribution in [0.15, 0.2) is 53.6 Å². The van der Waals surface area contributed by atoms with Gasteiger partial charge < -0.3 is 15.3 Å². The maximum Gasteiger partial charge on any atom is 0.0887 e. The van der Waals surface area contributed by atoms with Crippen LogP contribution in [0.3, 0.4) is 0 Å². The molecule has 0 bridgehead atoms. The number of benzene rings is 2. The van der Waals surface area contributed by atoms with Crippen LogP contribution in [0.25, 0.3) is 0 Å². The third-order valence-electron chi connectivity index (χ3n) is 6.31. The summed E-state index contributed by atoms with van der Waals surface area (Å²) >= 11 is 12.8. The first-order chi connectivity index (χ1) is 13.8. The standard InChI is InChI=1S/C24H28Cl2N2O/c1-15-4-7-19(8-5-15)27-13-20(29)14-28-22-9-6-17(25)11-21(22)24(3)12-18(26)10-16(2)23(24)28/h4-9,11-12,16,20,23,27,29H,10,13-14H2,1-3H3. The first-order valence-electron chi connectivity index (χ1n) is 10.2. The molecule has 0 amide bonds. The van der Waals surface area contributed by atoms with E-state index in [9.17, 15) is 5.11 Å². The van der Waals surface area contributed by atoms with Gasteiger partial charge in [-0.05, 0) is 62.1 Å². The summed E-state index contributed by atoms with van der Waals surface area (Å²) in [6.07, 6.45) is 2.54. The number of aliphatic hydroxyl groups is 1. The molecule has 0 aromatic heterocycles. The van der Waals surface area contributed by atoms with E-state index in [2.05, 4.69) is 61.3 Å². The number of fused-ring (bicyclic) bond motifs is 3. The summed E-state index contributed by atoms with van der Waals surface area (Å²) < 4.78 is 0. The molecular weight excluding hydrogens is 403 g/mol. The van der Waals surface area contributed by atoms with Crippen molar-refractivity contribution in [2.24, 2.45) is 5.92 Å². The molecule has 2 aromatic rings. The van der Waals surface area contributed by atoms with Crippen LogP contribution in [0.2, 0.25) is 5.02 Å². The lowest BCUT2D eigenvalue weighted by Crippen LogP contribution is -2.51. The van der Waals surface area contributed by atoms with Crippen LogP contribution in [0.5, 0.6) is 0 Å². The lowest BCUT2D eigenvalue weighted by Gasteiger charge is -2.43. The number of halogens is 2. The average Bonchev–Trinajstić information content (AvgIpc) is 2.89. The van der Waals surface area contributed by atoms with E-state index in [0.29, 0.717) is 19.0 Å². The third kappa shape index (κ3) is 3.88. The van der Waals surface area contributed by atoms with E-state index in [1.54, 1.807) is 0 Å². The quantitative estimate of drug-likeness (QED) is 0.635. The summed E-state index contributed by atoms with van der Waals surface area (Å²) in [6.45, 7) is 7.61. The molecule has 1 aliphatic carbocycles. The molecule has 2 N–H and O–H groups in total. The van der Waals surface area contributed by atoms with Crippen molar-refractivity contribution in [2.45, 2.75) is 44.8 Å². The van der Waals surface area contributed by atoms with Crippen molar-refractivity contribution in [2.75, 3.05) is 23.3 Å². The molecule has 0 saturated heterocycles. The second-order valence-electron chi connectivity index (χ2n) is 8.71. The normalized spacial score (nSPS) is 26.6. The Morgan fingerprint density at radius 3 is 2.66 bits per heavy atom. The second-order valence-corrected chi connectivity index (χ2v) is 9.64. The van der Waals surface area contributed by atoms with Crippen LogP contribution in [0.1, 0.15) is 31.4 Å². The van der Waals surface area contributed by atoms with E-state index < -0.39 is 6.10 Å². The number of aryl methyl sites for hydroxylation is 1. The number of nitrogens with zero attached hydrogens (tertiary/aromatic N) is 1. The molecule has 4 atom stereocenters. The molecule has 1 aliphatic heterocycles. The molecule has 0 saturated carbocycles. The van der Waals surface area contributed by atoms with Crippen LogP contribution in [0.4, 0.5) is 11.4 Å². The van der Waals surface area contributed by atoms with Gasteiger partial charge in [-0.1, -0.05) is 53.9 Å². The Labute approximate surface area is 183 Å². The van der Waals surface area contributed by atoms with Crippen molar-refractivity contribution in [1.82, 2.24) is 0 Å². The monoisotopic (exact) mass is 430 g/mol. The molecule has 0 fully saturated rings. The molecule has 2 aliphatic rings. The van der Waals surface area contributed by atoms with E-state index in [1.165, 1.54) is 11.1 Å². The predicted octanol–water partition coefficient (Wildman–Crippen LogP) is 5.73. The third-order valence-corrected chi connectivity index (χ3v) is 6.81. The predicted molar refractivity (Wildman–Crippen MR) is 123 cm³/mol. The van der Waals surface area contributed by atoms with Gasteiger partial charge in [-0.25, -0.2) is 0 Å². The van der Waals surface area contributed by atoms with E-state index >= 15 is 0 Å². The first kappa shape index (κ1) is 20.6. The maximum atomic E-state index is 10.8. The van der Waals surface area contributed by atoms with Crippen LogP contribution in [-0.4, -0.2) is 30.3 Å². The number of allylic oxidation sites excluding steroid dienone is 1. The lowest BCUT2D eigenvalue weighted by molar-refractivity contribution is 0.183. The fraction of sp³-hybridized carbons (Fsp3) is 0.417. The molecule has 29 heavy (non-hydrogen) atoms. The smallest absolute Gasteiger partial charge is 0.0887 e. The number of rotatable bonds is 5. The summed E-state index contributed by atoms with van der Waals surface area (Å²) in [5, 5.41) is 15.8.